The molecule has 6 heteroatoms. The van der Waals surface area contributed by atoms with Crippen molar-refractivity contribution >= 4 is 41.3 Å². The molecule has 26 heavy (non-hydrogen) atoms. The number of rotatable bonds is 6. The van der Waals surface area contributed by atoms with Gasteiger partial charge >= 0.3 is 5.97 Å². The third-order valence-electron chi connectivity index (χ3n) is 5.16. The number of hydrogen-bond acceptors (Lipinski definition) is 3. The van der Waals surface area contributed by atoms with Crippen LogP contribution in [0.5, 0.6) is 0 Å². The first kappa shape index (κ1) is 21.2. The van der Waals surface area contributed by atoms with E-state index in [9.17, 15) is 9.90 Å². The lowest BCUT2D eigenvalue weighted by atomic mass is 9.84. The van der Waals surface area contributed by atoms with Gasteiger partial charge < -0.3 is 5.11 Å². The van der Waals surface area contributed by atoms with Gasteiger partial charge in [-0.05, 0) is 61.7 Å². The van der Waals surface area contributed by atoms with Crippen LogP contribution in [0.25, 0.3) is 0 Å². The van der Waals surface area contributed by atoms with Gasteiger partial charge in [0.15, 0.2) is 0 Å². The average Bonchev–Trinajstić information content (AvgIpc) is 3.04. The molecule has 1 unspecified atom stereocenters. The number of benzene rings is 1. The molecule has 3 rings (SSSR count). The molecule has 0 spiro atoms. The lowest BCUT2D eigenvalue weighted by molar-refractivity contribution is -0.147. The molecule has 0 aliphatic carbocycles. The van der Waals surface area contributed by atoms with Gasteiger partial charge in [0.2, 0.25) is 0 Å². The van der Waals surface area contributed by atoms with E-state index in [2.05, 4.69) is 22.4 Å². The smallest absolute Gasteiger partial charge is 0.309 e. The van der Waals surface area contributed by atoms with E-state index < -0.39 is 11.4 Å². The first-order valence-electron chi connectivity index (χ1n) is 8.65. The number of aliphatic carboxylic acids is 1. The summed E-state index contributed by atoms with van der Waals surface area (Å²) in [5.41, 5.74) is 1.76. The summed E-state index contributed by atoms with van der Waals surface area (Å²) in [5.74, 6) is -0.746. The van der Waals surface area contributed by atoms with Crippen molar-refractivity contribution in [3.63, 3.8) is 0 Å². The average molecular weight is 414 g/mol. The Morgan fingerprint density at radius 2 is 2.08 bits per heavy atom. The van der Waals surface area contributed by atoms with Crippen LogP contribution in [-0.2, 0) is 17.8 Å². The minimum absolute atomic E-state index is 0. The zero-order chi connectivity index (χ0) is 18.0. The quantitative estimate of drug-likeness (QED) is 0.648. The van der Waals surface area contributed by atoms with Crippen LogP contribution in [-0.4, -0.2) is 22.5 Å². The SMILES string of the molecule is CC(C)(CCC(c1ccccc1Cl)N1CCc2sccc2C1)C(=O)O.Cl. The minimum atomic E-state index is -0.746. The summed E-state index contributed by atoms with van der Waals surface area (Å²) < 4.78 is 0. The van der Waals surface area contributed by atoms with Gasteiger partial charge in [0.1, 0.15) is 0 Å². The van der Waals surface area contributed by atoms with Crippen molar-refractivity contribution in [2.75, 3.05) is 6.54 Å². The van der Waals surface area contributed by atoms with Crippen molar-refractivity contribution < 1.29 is 9.90 Å². The third kappa shape index (κ3) is 4.61. The van der Waals surface area contributed by atoms with E-state index >= 15 is 0 Å². The second-order valence-corrected chi connectivity index (χ2v) is 8.76. The van der Waals surface area contributed by atoms with E-state index in [1.807, 2.05) is 29.5 Å². The van der Waals surface area contributed by atoms with E-state index in [1.165, 1.54) is 10.4 Å². The van der Waals surface area contributed by atoms with Gasteiger partial charge in [-0.2, -0.15) is 0 Å². The van der Waals surface area contributed by atoms with E-state index in [1.54, 1.807) is 13.8 Å². The van der Waals surface area contributed by atoms with Crippen molar-refractivity contribution in [1.29, 1.82) is 0 Å². The normalized spacial score (nSPS) is 15.8. The first-order valence-corrected chi connectivity index (χ1v) is 9.91. The van der Waals surface area contributed by atoms with Crippen molar-refractivity contribution in [1.82, 2.24) is 4.90 Å². The van der Waals surface area contributed by atoms with Crippen molar-refractivity contribution in [2.24, 2.45) is 5.41 Å². The largest absolute Gasteiger partial charge is 0.481 e. The molecule has 1 N–H and O–H groups in total. The number of nitrogens with zero attached hydrogens (tertiary/aromatic N) is 1. The van der Waals surface area contributed by atoms with Gasteiger partial charge in [0.25, 0.3) is 0 Å². The standard InChI is InChI=1S/C20H24ClNO2S.ClH/c1-20(2,19(23)24)10-7-17(15-5-3-4-6-16(15)21)22-11-8-18-14(13-22)9-12-25-18;/h3-6,9,12,17H,7-8,10-11,13H2,1-2H3,(H,23,24);1H. The molecule has 0 fully saturated rings. The van der Waals surface area contributed by atoms with Crippen LogP contribution in [0.15, 0.2) is 35.7 Å². The summed E-state index contributed by atoms with van der Waals surface area (Å²) in [6.45, 7) is 5.48. The molecule has 3 nitrogen and oxygen atoms in total. The highest BCUT2D eigenvalue weighted by Gasteiger charge is 2.32. The fraction of sp³-hybridized carbons (Fsp3) is 0.450. The molecule has 1 aromatic carbocycles. The highest BCUT2D eigenvalue weighted by Crippen LogP contribution is 2.38. The summed E-state index contributed by atoms with van der Waals surface area (Å²) >= 11 is 8.32. The number of hydrogen-bond donors (Lipinski definition) is 1. The Morgan fingerprint density at radius 3 is 2.77 bits per heavy atom. The Morgan fingerprint density at radius 1 is 1.35 bits per heavy atom. The van der Waals surface area contributed by atoms with Crippen molar-refractivity contribution in [3.05, 3.63) is 56.7 Å². The predicted octanol–water partition coefficient (Wildman–Crippen LogP) is 5.81. The third-order valence-corrected chi connectivity index (χ3v) is 6.53. The van der Waals surface area contributed by atoms with Crippen molar-refractivity contribution in [3.8, 4) is 0 Å². The second-order valence-electron chi connectivity index (χ2n) is 7.35. The minimum Gasteiger partial charge on any atom is -0.481 e. The van der Waals surface area contributed by atoms with E-state index in [4.69, 9.17) is 11.6 Å². The molecule has 0 bridgehead atoms. The molecule has 2 heterocycles. The highest BCUT2D eigenvalue weighted by molar-refractivity contribution is 7.10. The maximum atomic E-state index is 11.5. The van der Waals surface area contributed by atoms with Crippen LogP contribution < -0.4 is 0 Å². The maximum Gasteiger partial charge on any atom is 0.309 e. The zero-order valence-electron chi connectivity index (χ0n) is 15.1. The highest BCUT2D eigenvalue weighted by atomic mass is 35.5. The zero-order valence-corrected chi connectivity index (χ0v) is 17.5. The van der Waals surface area contributed by atoms with Crippen molar-refractivity contribution in [2.45, 2.75) is 45.7 Å². The molecule has 142 valence electrons. The van der Waals surface area contributed by atoms with Gasteiger partial charge in [0, 0.05) is 29.0 Å². The van der Waals surface area contributed by atoms with E-state index in [0.717, 1.165) is 36.5 Å². The van der Waals surface area contributed by atoms with Crippen LogP contribution >= 0.6 is 35.3 Å². The fourth-order valence-electron chi connectivity index (χ4n) is 3.42. The Balaban J connectivity index is 0.00000243. The molecule has 0 saturated heterocycles. The predicted molar refractivity (Wildman–Crippen MR) is 111 cm³/mol. The summed E-state index contributed by atoms with van der Waals surface area (Å²) in [7, 11) is 0. The maximum absolute atomic E-state index is 11.5. The van der Waals surface area contributed by atoms with E-state index in [-0.39, 0.29) is 18.4 Å². The summed E-state index contributed by atoms with van der Waals surface area (Å²) in [5, 5.41) is 12.4. The van der Waals surface area contributed by atoms with Gasteiger partial charge in [-0.15, -0.1) is 23.7 Å². The van der Waals surface area contributed by atoms with E-state index in [0.29, 0.717) is 6.42 Å². The van der Waals surface area contributed by atoms with Gasteiger partial charge in [0.05, 0.1) is 5.41 Å². The summed E-state index contributed by atoms with van der Waals surface area (Å²) in [4.78, 5) is 15.4. The Kier molecular flexibility index (Phi) is 7.14. The first-order chi connectivity index (χ1) is 11.9. The molecule has 0 radical (unpaired) electrons. The van der Waals surface area contributed by atoms with Crippen LogP contribution in [0.3, 0.4) is 0 Å². The van der Waals surface area contributed by atoms with Crippen LogP contribution in [0.1, 0.15) is 48.7 Å². The second kappa shape index (κ2) is 8.75. The molecule has 1 aromatic heterocycles. The van der Waals surface area contributed by atoms with Crippen LogP contribution in [0.4, 0.5) is 0 Å². The lowest BCUT2D eigenvalue weighted by Crippen LogP contribution is -2.35. The molecule has 1 aliphatic heterocycles. The lowest BCUT2D eigenvalue weighted by Gasteiger charge is -2.36. The Bertz CT molecular complexity index is 760. The Labute approximate surface area is 170 Å². The molecular weight excluding hydrogens is 389 g/mol. The van der Waals surface area contributed by atoms with Gasteiger partial charge in [-0.25, -0.2) is 0 Å². The molecule has 2 aromatic rings. The monoisotopic (exact) mass is 413 g/mol. The number of halogens is 2. The summed E-state index contributed by atoms with van der Waals surface area (Å²) in [6, 6.07) is 10.3. The van der Waals surface area contributed by atoms with Crippen LogP contribution in [0.2, 0.25) is 5.02 Å². The fourth-order valence-corrected chi connectivity index (χ4v) is 4.57. The topological polar surface area (TPSA) is 40.5 Å². The number of carbonyl (C=O) groups is 1. The molecule has 0 amide bonds. The van der Waals surface area contributed by atoms with Crippen LogP contribution in [0, 0.1) is 5.41 Å². The van der Waals surface area contributed by atoms with Gasteiger partial charge in [-0.3, -0.25) is 9.69 Å². The molecular formula is C20H25Cl2NO2S. The number of carboxylic acid groups (broad SMARTS) is 1. The van der Waals surface area contributed by atoms with Gasteiger partial charge in [-0.1, -0.05) is 29.8 Å². The molecule has 0 saturated carbocycles. The molecule has 1 aliphatic rings. The molecule has 1 atom stereocenters. The summed E-state index contributed by atoms with van der Waals surface area (Å²) in [6.07, 6.45) is 2.45. The number of fused-ring (bicyclic) bond motifs is 1. The number of thiophene rings is 1. The number of carboxylic acids is 1. The Hall–Kier alpha value is -1.07.